The number of hydrogen-bond donors (Lipinski definition) is 2. The van der Waals surface area contributed by atoms with Crippen LogP contribution in [0, 0.1) is 17.8 Å². The summed E-state index contributed by atoms with van der Waals surface area (Å²) in [5.74, 6) is 0.778. The SMILES string of the molecule is CCOC(=O)[C@@H](NC[C@@]1(O)C2CCC[C@@H]1CC2)C(C)C. The van der Waals surface area contributed by atoms with Crippen LogP contribution >= 0.6 is 0 Å². The largest absolute Gasteiger partial charge is 0.465 e. The fraction of sp³-hybridized carbons (Fsp3) is 0.938. The molecule has 0 aromatic heterocycles. The molecule has 4 nitrogen and oxygen atoms in total. The first kappa shape index (κ1) is 15.8. The molecule has 0 aromatic carbocycles. The molecule has 2 bridgehead atoms. The van der Waals surface area contributed by atoms with Gasteiger partial charge in [0.25, 0.3) is 0 Å². The van der Waals surface area contributed by atoms with Gasteiger partial charge in [0.2, 0.25) is 0 Å². The Labute approximate surface area is 122 Å². The zero-order valence-electron chi connectivity index (χ0n) is 13.0. The van der Waals surface area contributed by atoms with E-state index in [9.17, 15) is 9.90 Å². The highest BCUT2D eigenvalue weighted by atomic mass is 16.5. The maximum Gasteiger partial charge on any atom is 0.323 e. The van der Waals surface area contributed by atoms with Gasteiger partial charge in [-0.05, 0) is 50.4 Å². The highest BCUT2D eigenvalue weighted by molar-refractivity contribution is 5.76. The number of ether oxygens (including phenoxy) is 1. The third-order valence-corrected chi connectivity index (χ3v) is 5.20. The van der Waals surface area contributed by atoms with Crippen molar-refractivity contribution in [2.24, 2.45) is 17.8 Å². The van der Waals surface area contributed by atoms with Gasteiger partial charge < -0.3 is 15.2 Å². The molecular formula is C16H29NO3. The zero-order chi connectivity index (χ0) is 14.8. The smallest absolute Gasteiger partial charge is 0.323 e. The summed E-state index contributed by atoms with van der Waals surface area (Å²) >= 11 is 0. The molecule has 2 aliphatic rings. The van der Waals surface area contributed by atoms with Crippen molar-refractivity contribution < 1.29 is 14.6 Å². The van der Waals surface area contributed by atoms with Gasteiger partial charge in [0.15, 0.2) is 0 Å². The van der Waals surface area contributed by atoms with E-state index in [4.69, 9.17) is 4.74 Å². The van der Waals surface area contributed by atoms with E-state index < -0.39 is 5.60 Å². The predicted molar refractivity (Wildman–Crippen MR) is 78.3 cm³/mol. The van der Waals surface area contributed by atoms with Crippen LogP contribution in [0.3, 0.4) is 0 Å². The van der Waals surface area contributed by atoms with Crippen LogP contribution in [0.15, 0.2) is 0 Å². The average molecular weight is 283 g/mol. The summed E-state index contributed by atoms with van der Waals surface area (Å²) in [5, 5.41) is 14.3. The molecule has 2 saturated carbocycles. The van der Waals surface area contributed by atoms with E-state index in [0.717, 1.165) is 25.7 Å². The Kier molecular flexibility index (Phi) is 5.08. The monoisotopic (exact) mass is 283 g/mol. The molecule has 1 unspecified atom stereocenters. The van der Waals surface area contributed by atoms with Crippen molar-refractivity contribution in [2.45, 2.75) is 64.5 Å². The maximum atomic E-state index is 12.0. The topological polar surface area (TPSA) is 58.6 Å². The summed E-state index contributed by atoms with van der Waals surface area (Å²) in [6.45, 7) is 6.76. The molecular weight excluding hydrogens is 254 g/mol. The van der Waals surface area contributed by atoms with Gasteiger partial charge in [-0.2, -0.15) is 0 Å². The minimum absolute atomic E-state index is 0.166. The summed E-state index contributed by atoms with van der Waals surface area (Å²) in [6, 6.07) is -0.319. The van der Waals surface area contributed by atoms with Crippen molar-refractivity contribution >= 4 is 5.97 Å². The van der Waals surface area contributed by atoms with Crippen LogP contribution < -0.4 is 5.32 Å². The average Bonchev–Trinajstić information content (AvgIpc) is 2.58. The third kappa shape index (κ3) is 3.01. The first-order valence-corrected chi connectivity index (χ1v) is 8.11. The minimum atomic E-state index is -0.613. The molecule has 0 saturated heterocycles. The Morgan fingerprint density at radius 3 is 2.40 bits per heavy atom. The summed E-state index contributed by atoms with van der Waals surface area (Å²) < 4.78 is 5.12. The number of fused-ring (bicyclic) bond motifs is 2. The number of rotatable bonds is 6. The molecule has 0 heterocycles. The van der Waals surface area contributed by atoms with E-state index in [0.29, 0.717) is 25.0 Å². The predicted octanol–water partition coefficient (Wildman–Crippen LogP) is 2.10. The third-order valence-electron chi connectivity index (χ3n) is 5.20. The summed E-state index contributed by atoms with van der Waals surface area (Å²) in [6.07, 6.45) is 5.76. The summed E-state index contributed by atoms with van der Waals surface area (Å²) in [7, 11) is 0. The van der Waals surface area contributed by atoms with Crippen LogP contribution in [-0.4, -0.2) is 35.9 Å². The van der Waals surface area contributed by atoms with E-state index in [2.05, 4.69) is 5.32 Å². The van der Waals surface area contributed by atoms with Gasteiger partial charge in [-0.15, -0.1) is 0 Å². The number of carbonyl (C=O) groups is 1. The van der Waals surface area contributed by atoms with Gasteiger partial charge in [-0.3, -0.25) is 4.79 Å². The Bertz CT molecular complexity index is 327. The molecule has 0 spiro atoms. The number of nitrogens with one attached hydrogen (secondary N) is 1. The second-order valence-electron chi connectivity index (χ2n) is 6.75. The van der Waals surface area contributed by atoms with Crippen LogP contribution in [0.2, 0.25) is 0 Å². The second kappa shape index (κ2) is 6.44. The van der Waals surface area contributed by atoms with Crippen molar-refractivity contribution in [3.8, 4) is 0 Å². The van der Waals surface area contributed by atoms with Crippen LogP contribution in [-0.2, 0) is 9.53 Å². The Balaban J connectivity index is 1.97. The summed E-state index contributed by atoms with van der Waals surface area (Å²) in [5.41, 5.74) is -0.613. The van der Waals surface area contributed by atoms with E-state index in [-0.39, 0.29) is 17.9 Å². The molecule has 20 heavy (non-hydrogen) atoms. The summed E-state index contributed by atoms with van der Waals surface area (Å²) in [4.78, 5) is 12.0. The van der Waals surface area contributed by atoms with Gasteiger partial charge in [-0.1, -0.05) is 20.3 Å². The molecule has 0 aromatic rings. The van der Waals surface area contributed by atoms with Crippen LogP contribution in [0.25, 0.3) is 0 Å². The fourth-order valence-electron chi connectivity index (χ4n) is 4.02. The molecule has 4 heteroatoms. The molecule has 4 atom stereocenters. The normalized spacial score (nSPS) is 34.2. The lowest BCUT2D eigenvalue weighted by Crippen LogP contribution is -2.55. The molecule has 2 N–H and O–H groups in total. The number of carbonyl (C=O) groups excluding carboxylic acids is 1. The molecule has 0 radical (unpaired) electrons. The Hall–Kier alpha value is -0.610. The molecule has 2 fully saturated rings. The molecule has 0 aliphatic heterocycles. The van der Waals surface area contributed by atoms with Crippen molar-refractivity contribution in [3.63, 3.8) is 0 Å². The number of hydrogen-bond acceptors (Lipinski definition) is 4. The van der Waals surface area contributed by atoms with Crippen molar-refractivity contribution in [3.05, 3.63) is 0 Å². The van der Waals surface area contributed by atoms with E-state index in [1.807, 2.05) is 20.8 Å². The van der Waals surface area contributed by atoms with Gasteiger partial charge in [0, 0.05) is 6.54 Å². The highest BCUT2D eigenvalue weighted by Gasteiger charge is 2.50. The van der Waals surface area contributed by atoms with Gasteiger partial charge >= 0.3 is 5.97 Å². The lowest BCUT2D eigenvalue weighted by atomic mass is 9.74. The first-order chi connectivity index (χ1) is 9.49. The molecule has 2 rings (SSSR count). The first-order valence-electron chi connectivity index (χ1n) is 8.11. The molecule has 0 amide bonds. The van der Waals surface area contributed by atoms with Crippen LogP contribution in [0.1, 0.15) is 52.9 Å². The van der Waals surface area contributed by atoms with E-state index in [1.165, 1.54) is 6.42 Å². The number of esters is 1. The van der Waals surface area contributed by atoms with E-state index >= 15 is 0 Å². The quantitative estimate of drug-likeness (QED) is 0.733. The molecule has 2 aliphatic carbocycles. The van der Waals surface area contributed by atoms with Crippen LogP contribution in [0.5, 0.6) is 0 Å². The lowest BCUT2D eigenvalue weighted by Gasteiger charge is -2.40. The van der Waals surface area contributed by atoms with Crippen LogP contribution in [0.4, 0.5) is 0 Å². The lowest BCUT2D eigenvalue weighted by molar-refractivity contribution is -0.147. The Morgan fingerprint density at radius 1 is 1.30 bits per heavy atom. The standard InChI is InChI=1S/C16H29NO3/c1-4-20-15(18)14(11(2)3)17-10-16(19)12-6-5-7-13(16)9-8-12/h11-14,17,19H,4-10H2,1-3H3/t12-,13?,14+,16+/m1/s1. The fourth-order valence-corrected chi connectivity index (χ4v) is 4.02. The van der Waals surface area contributed by atoms with Gasteiger partial charge in [0.1, 0.15) is 6.04 Å². The van der Waals surface area contributed by atoms with Gasteiger partial charge in [0.05, 0.1) is 12.2 Å². The van der Waals surface area contributed by atoms with Gasteiger partial charge in [-0.25, -0.2) is 0 Å². The molecule has 116 valence electrons. The van der Waals surface area contributed by atoms with Crippen molar-refractivity contribution in [2.75, 3.05) is 13.2 Å². The Morgan fingerprint density at radius 2 is 1.90 bits per heavy atom. The van der Waals surface area contributed by atoms with Crippen molar-refractivity contribution in [1.82, 2.24) is 5.32 Å². The zero-order valence-corrected chi connectivity index (χ0v) is 13.0. The van der Waals surface area contributed by atoms with E-state index in [1.54, 1.807) is 0 Å². The minimum Gasteiger partial charge on any atom is -0.465 e. The highest BCUT2D eigenvalue weighted by Crippen LogP contribution is 2.49. The maximum absolute atomic E-state index is 12.0. The second-order valence-corrected chi connectivity index (χ2v) is 6.75. The number of aliphatic hydroxyl groups is 1. The van der Waals surface area contributed by atoms with Crippen molar-refractivity contribution in [1.29, 1.82) is 0 Å².